The van der Waals surface area contributed by atoms with E-state index in [0.717, 1.165) is 48.3 Å². The number of likely N-dealkylation sites (tertiary alicyclic amines) is 2. The zero-order valence-corrected chi connectivity index (χ0v) is 17.1. The van der Waals surface area contributed by atoms with Crippen LogP contribution in [0.25, 0.3) is 10.9 Å². The number of fused-ring (bicyclic) bond motifs is 1. The first-order chi connectivity index (χ1) is 14.4. The van der Waals surface area contributed by atoms with Gasteiger partial charge >= 0.3 is 6.18 Å². The first-order valence-electron chi connectivity index (χ1n) is 10.9. The lowest BCUT2D eigenvalue weighted by Crippen LogP contribution is -2.44. The highest BCUT2D eigenvalue weighted by Crippen LogP contribution is 2.34. The number of aryl methyl sites for hydroxylation is 1. The number of para-hydroxylation sites is 1. The molecule has 1 atom stereocenters. The van der Waals surface area contributed by atoms with Crippen molar-refractivity contribution in [2.45, 2.75) is 57.2 Å². The van der Waals surface area contributed by atoms with E-state index in [4.69, 9.17) is 0 Å². The molecular formula is C23H28F3N3O. The minimum atomic E-state index is -4.40. The maximum atomic E-state index is 13.3. The molecule has 1 amide bonds. The van der Waals surface area contributed by atoms with Crippen molar-refractivity contribution in [1.29, 1.82) is 0 Å². The summed E-state index contributed by atoms with van der Waals surface area (Å²) in [7, 11) is 0. The largest absolute Gasteiger partial charge is 0.408 e. The summed E-state index contributed by atoms with van der Waals surface area (Å²) in [5.74, 6) is -0.571. The van der Waals surface area contributed by atoms with Crippen molar-refractivity contribution in [2.24, 2.45) is 0 Å². The molecule has 2 aliphatic heterocycles. The molecule has 0 unspecified atom stereocenters. The number of piperidine rings is 1. The number of aromatic nitrogens is 1. The van der Waals surface area contributed by atoms with Gasteiger partial charge in [0, 0.05) is 18.1 Å². The molecule has 7 heteroatoms. The highest BCUT2D eigenvalue weighted by atomic mass is 19.4. The summed E-state index contributed by atoms with van der Waals surface area (Å²) in [4.78, 5) is 20.9. The summed E-state index contributed by atoms with van der Waals surface area (Å²) in [5, 5.41) is 0.866. The number of benzene rings is 1. The third-order valence-corrected chi connectivity index (χ3v) is 6.35. The average Bonchev–Trinajstić information content (AvgIpc) is 3.24. The van der Waals surface area contributed by atoms with Gasteiger partial charge in [0.1, 0.15) is 6.04 Å². The molecular weight excluding hydrogens is 391 g/mol. The molecule has 30 heavy (non-hydrogen) atoms. The van der Waals surface area contributed by atoms with Gasteiger partial charge in [-0.1, -0.05) is 18.6 Å². The number of carbonyl (C=O) groups is 1. The van der Waals surface area contributed by atoms with Gasteiger partial charge in [0.05, 0.1) is 11.1 Å². The molecule has 2 fully saturated rings. The van der Waals surface area contributed by atoms with Crippen LogP contribution in [-0.2, 0) is 6.42 Å². The smallest absolute Gasteiger partial charge is 0.326 e. The number of rotatable bonds is 5. The molecule has 0 spiro atoms. The summed E-state index contributed by atoms with van der Waals surface area (Å²) >= 11 is 0. The first kappa shape index (κ1) is 21.1. The second-order valence-electron chi connectivity index (χ2n) is 8.38. The van der Waals surface area contributed by atoms with Crippen LogP contribution >= 0.6 is 0 Å². The molecule has 2 saturated heterocycles. The van der Waals surface area contributed by atoms with Gasteiger partial charge in [-0.2, -0.15) is 13.2 Å². The normalized spacial score (nSPS) is 20.8. The fourth-order valence-corrected chi connectivity index (χ4v) is 4.80. The minimum Gasteiger partial charge on any atom is -0.326 e. The minimum absolute atomic E-state index is 0.0326. The van der Waals surface area contributed by atoms with Crippen LogP contribution in [0.2, 0.25) is 0 Å². The number of alkyl halides is 3. The lowest BCUT2D eigenvalue weighted by molar-refractivity contribution is -0.169. The van der Waals surface area contributed by atoms with E-state index >= 15 is 0 Å². The maximum Gasteiger partial charge on any atom is 0.408 e. The monoisotopic (exact) mass is 419 g/mol. The number of amides is 1. The number of carbonyl (C=O) groups excluding carboxylic acids is 1. The van der Waals surface area contributed by atoms with Crippen LogP contribution in [0.5, 0.6) is 0 Å². The number of hydrogen-bond acceptors (Lipinski definition) is 3. The Morgan fingerprint density at radius 1 is 1.07 bits per heavy atom. The quantitative estimate of drug-likeness (QED) is 0.697. The molecule has 0 radical (unpaired) electrons. The van der Waals surface area contributed by atoms with E-state index in [0.29, 0.717) is 11.9 Å². The van der Waals surface area contributed by atoms with Gasteiger partial charge in [-0.15, -0.1) is 0 Å². The molecule has 0 saturated carbocycles. The molecule has 0 N–H and O–H groups in total. The Bertz CT molecular complexity index is 893. The molecule has 162 valence electrons. The number of nitrogens with zero attached hydrogens (tertiary/aromatic N) is 3. The van der Waals surface area contributed by atoms with Crippen molar-refractivity contribution in [3.63, 3.8) is 0 Å². The summed E-state index contributed by atoms with van der Waals surface area (Å²) in [6.45, 7) is 3.50. The Kier molecular flexibility index (Phi) is 6.27. The second kappa shape index (κ2) is 8.92. The summed E-state index contributed by atoms with van der Waals surface area (Å²) in [5.41, 5.74) is 1.87. The zero-order chi connectivity index (χ0) is 21.1. The van der Waals surface area contributed by atoms with E-state index in [1.807, 2.05) is 12.1 Å². The van der Waals surface area contributed by atoms with Crippen LogP contribution < -0.4 is 0 Å². The van der Waals surface area contributed by atoms with Crippen LogP contribution in [0.1, 0.15) is 54.4 Å². The molecule has 0 aliphatic carbocycles. The van der Waals surface area contributed by atoms with Gasteiger partial charge in [0.15, 0.2) is 0 Å². The fourth-order valence-electron chi connectivity index (χ4n) is 4.80. The predicted octanol–water partition coefficient (Wildman–Crippen LogP) is 4.82. The lowest BCUT2D eigenvalue weighted by atomic mass is 10.0. The maximum absolute atomic E-state index is 13.3. The molecule has 2 aromatic rings. The topological polar surface area (TPSA) is 36.4 Å². The van der Waals surface area contributed by atoms with Crippen LogP contribution in [0.15, 0.2) is 30.5 Å². The van der Waals surface area contributed by atoms with Crippen molar-refractivity contribution in [2.75, 3.05) is 26.2 Å². The third-order valence-electron chi connectivity index (χ3n) is 6.35. The highest BCUT2D eigenvalue weighted by Gasteiger charge is 2.48. The van der Waals surface area contributed by atoms with Crippen LogP contribution in [0.4, 0.5) is 13.2 Å². The van der Waals surface area contributed by atoms with E-state index in [1.54, 1.807) is 18.3 Å². The zero-order valence-electron chi connectivity index (χ0n) is 17.1. The molecule has 2 aliphatic rings. The lowest BCUT2D eigenvalue weighted by Gasteiger charge is -2.27. The summed E-state index contributed by atoms with van der Waals surface area (Å²) < 4.78 is 40.0. The predicted molar refractivity (Wildman–Crippen MR) is 110 cm³/mol. The molecule has 1 aromatic heterocycles. The number of hydrogen-bond donors (Lipinski definition) is 0. The molecule has 0 bridgehead atoms. The molecule has 3 heterocycles. The fraction of sp³-hybridized carbons (Fsp3) is 0.565. The Morgan fingerprint density at radius 2 is 1.87 bits per heavy atom. The molecule has 4 nitrogen and oxygen atoms in total. The number of pyridine rings is 1. The van der Waals surface area contributed by atoms with E-state index < -0.39 is 18.1 Å². The summed E-state index contributed by atoms with van der Waals surface area (Å²) in [6.07, 6.45) is 3.32. The first-order valence-corrected chi connectivity index (χ1v) is 10.9. The van der Waals surface area contributed by atoms with Gasteiger partial charge in [0.25, 0.3) is 5.91 Å². The van der Waals surface area contributed by atoms with Gasteiger partial charge in [0.2, 0.25) is 0 Å². The van der Waals surface area contributed by atoms with Crippen molar-refractivity contribution in [3.8, 4) is 0 Å². The van der Waals surface area contributed by atoms with Gasteiger partial charge < -0.3 is 9.80 Å². The Morgan fingerprint density at radius 3 is 2.63 bits per heavy atom. The van der Waals surface area contributed by atoms with E-state index in [-0.39, 0.29) is 18.5 Å². The van der Waals surface area contributed by atoms with E-state index in [9.17, 15) is 18.0 Å². The van der Waals surface area contributed by atoms with Crippen molar-refractivity contribution in [3.05, 3.63) is 41.6 Å². The van der Waals surface area contributed by atoms with E-state index in [1.165, 1.54) is 19.3 Å². The SMILES string of the molecule is O=C(c1cccc2c(CCCN3CCCCC3)ccnc12)N1CCC[C@@H]1C(F)(F)F. The average molecular weight is 419 g/mol. The Balaban J connectivity index is 1.54. The molecule has 4 rings (SSSR count). The second-order valence-corrected chi connectivity index (χ2v) is 8.38. The Hall–Kier alpha value is -2.15. The van der Waals surface area contributed by atoms with Gasteiger partial charge in [-0.25, -0.2) is 0 Å². The van der Waals surface area contributed by atoms with Crippen LogP contribution in [-0.4, -0.2) is 59.1 Å². The highest BCUT2D eigenvalue weighted by molar-refractivity contribution is 6.06. The van der Waals surface area contributed by atoms with Crippen molar-refractivity contribution in [1.82, 2.24) is 14.8 Å². The van der Waals surface area contributed by atoms with E-state index in [2.05, 4.69) is 9.88 Å². The Labute approximate surface area is 175 Å². The molecule has 1 aromatic carbocycles. The van der Waals surface area contributed by atoms with Crippen molar-refractivity contribution >= 4 is 16.8 Å². The van der Waals surface area contributed by atoms with Crippen LogP contribution in [0, 0.1) is 0 Å². The standard InChI is InChI=1S/C23H28F3N3O/c24-23(25,26)20-10-6-16-29(20)22(30)19-9-4-8-18-17(11-12-27-21(18)19)7-5-15-28-13-2-1-3-14-28/h4,8-9,11-12,20H,1-3,5-7,10,13-16H2/t20-/m1/s1. The third kappa shape index (κ3) is 4.46. The van der Waals surface area contributed by atoms with Crippen LogP contribution in [0.3, 0.4) is 0 Å². The van der Waals surface area contributed by atoms with Crippen molar-refractivity contribution < 1.29 is 18.0 Å². The number of halogens is 3. The summed E-state index contributed by atoms with van der Waals surface area (Å²) in [6, 6.07) is 5.53. The van der Waals surface area contributed by atoms with Gasteiger partial charge in [-0.05, 0) is 75.9 Å². The van der Waals surface area contributed by atoms with Gasteiger partial charge in [-0.3, -0.25) is 9.78 Å².